The second-order valence-corrected chi connectivity index (χ2v) is 13.0. The van der Waals surface area contributed by atoms with Gasteiger partial charge in [-0.3, -0.25) is 0 Å². The summed E-state index contributed by atoms with van der Waals surface area (Å²) in [5.41, 5.74) is 13.0. The summed E-state index contributed by atoms with van der Waals surface area (Å²) < 4.78 is 0. The van der Waals surface area contributed by atoms with Crippen molar-refractivity contribution in [2.75, 3.05) is 4.90 Å². The van der Waals surface area contributed by atoms with E-state index in [1.807, 2.05) is 0 Å². The number of fused-ring (bicyclic) bond motifs is 2. The maximum Gasteiger partial charge on any atom is 0.0462 e. The predicted molar refractivity (Wildman–Crippen MR) is 218 cm³/mol. The Hall–Kier alpha value is -6.70. The largest absolute Gasteiger partial charge is 0.311 e. The molecule has 0 radical (unpaired) electrons. The van der Waals surface area contributed by atoms with E-state index in [0.29, 0.717) is 0 Å². The highest BCUT2D eigenvalue weighted by Crippen LogP contribution is 2.38. The molecule has 0 aromatic heterocycles. The molecule has 0 amide bonds. The molecule has 0 saturated carbocycles. The minimum atomic E-state index is 1.11. The summed E-state index contributed by atoms with van der Waals surface area (Å²) >= 11 is 0. The van der Waals surface area contributed by atoms with Gasteiger partial charge in [-0.2, -0.15) is 0 Å². The van der Waals surface area contributed by atoms with Crippen LogP contribution in [0.4, 0.5) is 17.1 Å². The van der Waals surface area contributed by atoms with E-state index in [9.17, 15) is 0 Å². The maximum atomic E-state index is 2.34. The molecule has 240 valence electrons. The van der Waals surface area contributed by atoms with Crippen molar-refractivity contribution in [2.24, 2.45) is 0 Å². The standard InChI is InChI=1S/C50H35N/c1-2-8-36(9-3-1)40-22-28-48(29-23-40)51(50-32-26-43(27-33-50)47-21-19-38-11-5-7-13-45(38)35-47)49-30-24-41(25-31-49)39-14-16-42(17-15-39)46-20-18-37-10-4-6-12-44(37)34-46/h1-35H. The van der Waals surface area contributed by atoms with Crippen molar-refractivity contribution in [3.8, 4) is 44.5 Å². The SMILES string of the molecule is c1ccc(-c2ccc(N(c3ccc(-c4ccc(-c5ccc6ccccc6c5)cc4)cc3)c3ccc(-c4ccc5ccccc5c4)cc3)cc2)cc1. The Bertz CT molecular complexity index is 2580. The summed E-state index contributed by atoms with van der Waals surface area (Å²) in [6.45, 7) is 0. The van der Waals surface area contributed by atoms with Gasteiger partial charge in [-0.05, 0) is 115 Å². The third-order valence-corrected chi connectivity index (χ3v) is 9.87. The number of rotatable bonds is 7. The topological polar surface area (TPSA) is 3.24 Å². The second-order valence-electron chi connectivity index (χ2n) is 13.0. The quantitative estimate of drug-likeness (QED) is 0.166. The fourth-order valence-electron chi connectivity index (χ4n) is 7.08. The van der Waals surface area contributed by atoms with Gasteiger partial charge in [0.1, 0.15) is 0 Å². The lowest BCUT2D eigenvalue weighted by molar-refractivity contribution is 1.28. The summed E-state index contributed by atoms with van der Waals surface area (Å²) in [6.07, 6.45) is 0. The average Bonchev–Trinajstić information content (AvgIpc) is 3.22. The number of anilines is 3. The van der Waals surface area contributed by atoms with Gasteiger partial charge in [0.2, 0.25) is 0 Å². The third-order valence-electron chi connectivity index (χ3n) is 9.87. The molecule has 0 N–H and O–H groups in total. The van der Waals surface area contributed by atoms with E-state index in [4.69, 9.17) is 0 Å². The summed E-state index contributed by atoms with van der Waals surface area (Å²) in [4.78, 5) is 2.34. The molecule has 9 rings (SSSR count). The van der Waals surface area contributed by atoms with Crippen molar-refractivity contribution in [1.29, 1.82) is 0 Å². The Morgan fingerprint density at radius 2 is 0.471 bits per heavy atom. The van der Waals surface area contributed by atoms with E-state index in [1.54, 1.807) is 0 Å². The molecule has 0 aliphatic heterocycles. The molecule has 0 heterocycles. The fourth-order valence-corrected chi connectivity index (χ4v) is 7.08. The Morgan fingerprint density at radius 3 is 0.863 bits per heavy atom. The smallest absolute Gasteiger partial charge is 0.0462 e. The Balaban J connectivity index is 1.03. The molecule has 9 aromatic rings. The van der Waals surface area contributed by atoms with Crippen LogP contribution < -0.4 is 4.90 Å². The van der Waals surface area contributed by atoms with Crippen LogP contribution in [0.5, 0.6) is 0 Å². The zero-order valence-corrected chi connectivity index (χ0v) is 28.2. The first-order chi connectivity index (χ1) is 25.2. The van der Waals surface area contributed by atoms with Crippen molar-refractivity contribution in [1.82, 2.24) is 0 Å². The molecule has 1 nitrogen and oxygen atoms in total. The highest BCUT2D eigenvalue weighted by molar-refractivity contribution is 5.89. The van der Waals surface area contributed by atoms with Crippen LogP contribution in [0, 0.1) is 0 Å². The van der Waals surface area contributed by atoms with E-state index in [0.717, 1.165) is 17.1 Å². The Kier molecular flexibility index (Phi) is 7.92. The van der Waals surface area contributed by atoms with Gasteiger partial charge in [-0.15, -0.1) is 0 Å². The van der Waals surface area contributed by atoms with Crippen molar-refractivity contribution in [3.63, 3.8) is 0 Å². The molecule has 9 aromatic carbocycles. The summed E-state index contributed by atoms with van der Waals surface area (Å²) in [6, 6.07) is 76.6. The van der Waals surface area contributed by atoms with Gasteiger partial charge in [0.15, 0.2) is 0 Å². The lowest BCUT2D eigenvalue weighted by Crippen LogP contribution is -2.09. The summed E-state index contributed by atoms with van der Waals surface area (Å²) in [7, 11) is 0. The molecule has 0 aliphatic rings. The first-order valence-electron chi connectivity index (χ1n) is 17.5. The molecule has 51 heavy (non-hydrogen) atoms. The number of nitrogens with zero attached hydrogens (tertiary/aromatic N) is 1. The first kappa shape index (κ1) is 30.4. The molecule has 0 unspecified atom stereocenters. The van der Waals surface area contributed by atoms with Crippen LogP contribution in [0.15, 0.2) is 212 Å². The van der Waals surface area contributed by atoms with E-state index < -0.39 is 0 Å². The number of benzene rings is 9. The molecule has 0 spiro atoms. The van der Waals surface area contributed by atoms with E-state index >= 15 is 0 Å². The lowest BCUT2D eigenvalue weighted by atomic mass is 9.98. The molecule has 0 saturated heterocycles. The van der Waals surface area contributed by atoms with Crippen molar-refractivity contribution in [2.45, 2.75) is 0 Å². The van der Waals surface area contributed by atoms with Gasteiger partial charge in [-0.1, -0.05) is 164 Å². The second kappa shape index (κ2) is 13.3. The van der Waals surface area contributed by atoms with Gasteiger partial charge >= 0.3 is 0 Å². The Morgan fingerprint density at radius 1 is 0.196 bits per heavy atom. The van der Waals surface area contributed by atoms with Gasteiger partial charge in [0, 0.05) is 17.1 Å². The first-order valence-corrected chi connectivity index (χ1v) is 17.5. The number of hydrogen-bond donors (Lipinski definition) is 0. The van der Waals surface area contributed by atoms with Crippen LogP contribution in [0.25, 0.3) is 66.1 Å². The highest BCUT2D eigenvalue weighted by Gasteiger charge is 2.14. The van der Waals surface area contributed by atoms with Crippen LogP contribution >= 0.6 is 0 Å². The van der Waals surface area contributed by atoms with Crippen LogP contribution in [0.2, 0.25) is 0 Å². The molecule has 0 atom stereocenters. The third kappa shape index (κ3) is 6.18. The van der Waals surface area contributed by atoms with E-state index in [2.05, 4.69) is 217 Å². The van der Waals surface area contributed by atoms with Crippen LogP contribution in [-0.4, -0.2) is 0 Å². The monoisotopic (exact) mass is 649 g/mol. The van der Waals surface area contributed by atoms with Crippen molar-refractivity contribution < 1.29 is 0 Å². The molecular weight excluding hydrogens is 615 g/mol. The van der Waals surface area contributed by atoms with Crippen LogP contribution in [0.1, 0.15) is 0 Å². The van der Waals surface area contributed by atoms with Gasteiger partial charge < -0.3 is 4.90 Å². The van der Waals surface area contributed by atoms with Crippen molar-refractivity contribution in [3.05, 3.63) is 212 Å². The van der Waals surface area contributed by atoms with Crippen molar-refractivity contribution >= 4 is 38.6 Å². The molecule has 1 heteroatoms. The van der Waals surface area contributed by atoms with E-state index in [1.165, 1.54) is 66.1 Å². The molecule has 0 aliphatic carbocycles. The maximum absolute atomic E-state index is 2.34. The molecule has 0 bridgehead atoms. The normalized spacial score (nSPS) is 11.1. The summed E-state index contributed by atoms with van der Waals surface area (Å²) in [5, 5.41) is 5.03. The number of hydrogen-bond acceptors (Lipinski definition) is 1. The lowest BCUT2D eigenvalue weighted by Gasteiger charge is -2.26. The van der Waals surface area contributed by atoms with E-state index in [-0.39, 0.29) is 0 Å². The minimum Gasteiger partial charge on any atom is -0.311 e. The Labute approximate surface area is 299 Å². The summed E-state index contributed by atoms with van der Waals surface area (Å²) in [5.74, 6) is 0. The van der Waals surface area contributed by atoms with Crippen LogP contribution in [0.3, 0.4) is 0 Å². The van der Waals surface area contributed by atoms with Gasteiger partial charge in [0.25, 0.3) is 0 Å². The minimum absolute atomic E-state index is 1.11. The fraction of sp³-hybridized carbons (Fsp3) is 0. The average molecular weight is 650 g/mol. The molecular formula is C50H35N. The van der Waals surface area contributed by atoms with Crippen LogP contribution in [-0.2, 0) is 0 Å². The van der Waals surface area contributed by atoms with Gasteiger partial charge in [-0.25, -0.2) is 0 Å². The molecule has 0 fully saturated rings. The zero-order valence-electron chi connectivity index (χ0n) is 28.2. The highest BCUT2D eigenvalue weighted by atomic mass is 15.1. The zero-order chi connectivity index (χ0) is 34.0. The predicted octanol–water partition coefficient (Wildman–Crippen LogP) is 14.1. The van der Waals surface area contributed by atoms with Gasteiger partial charge in [0.05, 0.1) is 0 Å².